The van der Waals surface area contributed by atoms with Crippen LogP contribution in [0.15, 0.2) is 11.6 Å². The molecular weight excluding hydrogens is 520 g/mol. The fourth-order valence-corrected chi connectivity index (χ4v) is 11.0. The van der Waals surface area contributed by atoms with Crippen LogP contribution in [0.2, 0.25) is 0 Å². The van der Waals surface area contributed by atoms with E-state index in [4.69, 9.17) is 9.84 Å². The van der Waals surface area contributed by atoms with Gasteiger partial charge in [0.05, 0.1) is 18.3 Å². The molecule has 0 spiro atoms. The van der Waals surface area contributed by atoms with Crippen LogP contribution in [-0.4, -0.2) is 40.0 Å². The molecule has 5 aliphatic carbocycles. The number of ether oxygens (including phenoxy) is 1. The average molecular weight is 571 g/mol. The third kappa shape index (κ3) is 4.25. The van der Waals surface area contributed by atoms with Crippen molar-refractivity contribution < 1.29 is 34.1 Å². The van der Waals surface area contributed by atoms with Gasteiger partial charge in [-0.25, -0.2) is 0 Å². The normalized spacial score (nSPS) is 46.6. The Morgan fingerprint density at radius 3 is 2.17 bits per heavy atom. The summed E-state index contributed by atoms with van der Waals surface area (Å²) in [7, 11) is 0. The predicted molar refractivity (Wildman–Crippen MR) is 154 cm³/mol. The van der Waals surface area contributed by atoms with Crippen molar-refractivity contribution in [3.63, 3.8) is 0 Å². The molecule has 0 aliphatic heterocycles. The highest BCUT2D eigenvalue weighted by molar-refractivity contribution is 5.95. The zero-order chi connectivity index (χ0) is 30.4. The molecule has 2 N–H and O–H groups in total. The largest absolute Gasteiger partial charge is 0.481 e. The predicted octanol–water partition coefficient (Wildman–Crippen LogP) is 6.83. The van der Waals surface area contributed by atoms with Gasteiger partial charge < -0.3 is 14.9 Å². The maximum Gasteiger partial charge on any atom is 0.309 e. The first-order valence-electron chi connectivity index (χ1n) is 15.7. The van der Waals surface area contributed by atoms with Crippen molar-refractivity contribution in [3.8, 4) is 0 Å². The van der Waals surface area contributed by atoms with Crippen molar-refractivity contribution in [1.82, 2.24) is 0 Å². The second-order valence-corrected chi connectivity index (χ2v) is 16.3. The Kier molecular flexibility index (Phi) is 6.95. The summed E-state index contributed by atoms with van der Waals surface area (Å²) < 4.78 is 5.91. The van der Waals surface area contributed by atoms with Crippen LogP contribution in [0.3, 0.4) is 0 Å². The van der Waals surface area contributed by atoms with E-state index in [9.17, 15) is 24.3 Å². The van der Waals surface area contributed by atoms with Gasteiger partial charge in [0, 0.05) is 11.3 Å². The number of fused-ring (bicyclic) bond motifs is 7. The van der Waals surface area contributed by atoms with Crippen molar-refractivity contribution in [2.45, 2.75) is 125 Å². The molecule has 0 radical (unpaired) electrons. The fourth-order valence-electron chi connectivity index (χ4n) is 11.0. The van der Waals surface area contributed by atoms with Gasteiger partial charge in [0.25, 0.3) is 0 Å². The summed E-state index contributed by atoms with van der Waals surface area (Å²) in [6, 6.07) is 0. The molecule has 0 aromatic rings. The maximum atomic E-state index is 14.5. The van der Waals surface area contributed by atoms with Crippen LogP contribution < -0.4 is 0 Å². The lowest BCUT2D eigenvalue weighted by atomic mass is 9.33. The molecule has 0 aromatic carbocycles. The summed E-state index contributed by atoms with van der Waals surface area (Å²) in [5.41, 5.74) is -0.553. The van der Waals surface area contributed by atoms with E-state index in [0.29, 0.717) is 19.3 Å². The van der Waals surface area contributed by atoms with Crippen molar-refractivity contribution in [3.05, 3.63) is 11.6 Å². The summed E-state index contributed by atoms with van der Waals surface area (Å²) >= 11 is 0. The van der Waals surface area contributed by atoms with Crippen LogP contribution in [-0.2, 0) is 23.9 Å². The number of allylic oxidation sites excluding steroid dienone is 2. The number of hydrogen-bond donors (Lipinski definition) is 2. The third-order valence-corrected chi connectivity index (χ3v) is 13.8. The monoisotopic (exact) mass is 570 g/mol. The molecule has 4 fully saturated rings. The topological polar surface area (TPSA) is 118 Å². The van der Waals surface area contributed by atoms with Crippen molar-refractivity contribution in [2.24, 2.45) is 50.2 Å². The summed E-state index contributed by atoms with van der Waals surface area (Å²) in [4.78, 5) is 50.3. The minimum Gasteiger partial charge on any atom is -0.481 e. The standard InChI is InChI=1S/C34H50O7/c1-29(2)23-10-13-34(7)27(32(23,5)12-11-24(29)41-26(38)9-8-25(36)37)22(35)18-20-21-19-31(4,28(39)40)15-14-30(21,3)16-17-33(20,34)6/h18,21,23-24,27H,8-17,19H2,1-7H3,(H,36,37)(H,39,40)/t21-,23-,24-,27+,30+,31+,32-,33+,34+/m0/s1. The lowest BCUT2D eigenvalue weighted by Crippen LogP contribution is -2.66. The molecule has 5 rings (SSSR count). The maximum absolute atomic E-state index is 14.5. The Balaban J connectivity index is 1.49. The van der Waals surface area contributed by atoms with E-state index in [0.717, 1.165) is 38.5 Å². The van der Waals surface area contributed by atoms with Crippen LogP contribution in [0, 0.1) is 50.2 Å². The van der Waals surface area contributed by atoms with Gasteiger partial charge in [-0.05, 0) is 104 Å². The molecular formula is C34H50O7. The number of aliphatic carboxylic acids is 2. The van der Waals surface area contributed by atoms with Crippen molar-refractivity contribution in [1.29, 1.82) is 0 Å². The van der Waals surface area contributed by atoms with Crippen molar-refractivity contribution >= 4 is 23.7 Å². The Morgan fingerprint density at radius 1 is 0.878 bits per heavy atom. The van der Waals surface area contributed by atoms with E-state index in [1.807, 2.05) is 13.0 Å². The number of carboxylic acid groups (broad SMARTS) is 2. The summed E-state index contributed by atoms with van der Waals surface area (Å²) in [6.45, 7) is 15.5. The van der Waals surface area contributed by atoms with Gasteiger partial charge >= 0.3 is 17.9 Å². The van der Waals surface area contributed by atoms with Gasteiger partial charge in [-0.3, -0.25) is 19.2 Å². The first-order chi connectivity index (χ1) is 18.8. The highest BCUT2D eigenvalue weighted by Crippen LogP contribution is 2.75. The second-order valence-electron chi connectivity index (χ2n) is 16.3. The van der Waals surface area contributed by atoms with Crippen LogP contribution in [0.25, 0.3) is 0 Å². The molecule has 41 heavy (non-hydrogen) atoms. The number of esters is 1. The van der Waals surface area contributed by atoms with E-state index < -0.39 is 23.3 Å². The van der Waals surface area contributed by atoms with Crippen LogP contribution in [0.1, 0.15) is 119 Å². The summed E-state index contributed by atoms with van der Waals surface area (Å²) in [6.07, 6.45) is 8.80. The molecule has 0 bridgehead atoms. The first kappa shape index (κ1) is 30.3. The number of ketones is 1. The van der Waals surface area contributed by atoms with Gasteiger partial charge in [0.2, 0.25) is 0 Å². The van der Waals surface area contributed by atoms with E-state index >= 15 is 0 Å². The average Bonchev–Trinajstić information content (AvgIpc) is 2.86. The molecule has 0 unspecified atom stereocenters. The smallest absolute Gasteiger partial charge is 0.309 e. The summed E-state index contributed by atoms with van der Waals surface area (Å²) in [5, 5.41) is 19.1. The SMILES string of the molecule is CC1(C)[C@@H](OC(=O)CCC(=O)O)CC[C@]2(C)[C@H]3C(=O)C=C4[C@@H]5C[C@](C)(C(=O)O)CC[C@]5(C)CC[C@@]4(C)[C@]3(C)CC[C@@H]12. The Labute approximate surface area is 244 Å². The van der Waals surface area contributed by atoms with Gasteiger partial charge in [-0.15, -0.1) is 0 Å². The molecule has 228 valence electrons. The number of carbonyl (C=O) groups is 4. The Morgan fingerprint density at radius 2 is 1.54 bits per heavy atom. The van der Waals surface area contributed by atoms with Gasteiger partial charge in [0.15, 0.2) is 5.78 Å². The molecule has 0 saturated heterocycles. The second kappa shape index (κ2) is 9.41. The van der Waals surface area contributed by atoms with Crippen molar-refractivity contribution in [2.75, 3.05) is 0 Å². The van der Waals surface area contributed by atoms with Crippen LogP contribution in [0.5, 0.6) is 0 Å². The van der Waals surface area contributed by atoms with Gasteiger partial charge in [0.1, 0.15) is 6.10 Å². The quantitative estimate of drug-likeness (QED) is 0.348. The minimum absolute atomic E-state index is 0.0233. The van der Waals surface area contributed by atoms with E-state index in [1.165, 1.54) is 5.57 Å². The molecule has 4 saturated carbocycles. The first-order valence-corrected chi connectivity index (χ1v) is 15.7. The van der Waals surface area contributed by atoms with Crippen LogP contribution >= 0.6 is 0 Å². The zero-order valence-corrected chi connectivity index (χ0v) is 26.1. The molecule has 7 heteroatoms. The molecule has 5 aliphatic rings. The minimum atomic E-state index is -1.01. The molecule has 0 aromatic heterocycles. The number of rotatable bonds is 5. The number of hydrogen-bond acceptors (Lipinski definition) is 5. The lowest BCUT2D eigenvalue weighted by molar-refractivity contribution is -0.211. The van der Waals surface area contributed by atoms with E-state index in [1.54, 1.807) is 0 Å². The molecule has 7 nitrogen and oxygen atoms in total. The lowest BCUT2D eigenvalue weighted by Gasteiger charge is -2.70. The zero-order valence-electron chi connectivity index (χ0n) is 26.1. The molecule has 0 heterocycles. The van der Waals surface area contributed by atoms with Gasteiger partial charge in [-0.2, -0.15) is 0 Å². The highest BCUT2D eigenvalue weighted by Gasteiger charge is 2.70. The molecule has 9 atom stereocenters. The fraction of sp³-hybridized carbons (Fsp3) is 0.824. The number of carboxylic acids is 2. The van der Waals surface area contributed by atoms with Gasteiger partial charge in [-0.1, -0.05) is 47.1 Å². The molecule has 0 amide bonds. The Hall–Kier alpha value is -2.18. The van der Waals surface area contributed by atoms with Crippen LogP contribution in [0.4, 0.5) is 0 Å². The summed E-state index contributed by atoms with van der Waals surface area (Å²) in [5.74, 6) is -1.87. The Bertz CT molecular complexity index is 1200. The van der Waals surface area contributed by atoms with E-state index in [-0.39, 0.29) is 69.6 Å². The number of carbonyl (C=O) groups excluding carboxylic acids is 2. The van der Waals surface area contributed by atoms with E-state index in [2.05, 4.69) is 41.5 Å². The third-order valence-electron chi connectivity index (χ3n) is 13.8. The highest BCUT2D eigenvalue weighted by atomic mass is 16.5.